The number of ether oxygens (including phenoxy) is 2. The van der Waals surface area contributed by atoms with Crippen LogP contribution in [0.4, 0.5) is 0 Å². The van der Waals surface area contributed by atoms with Crippen LogP contribution in [0.5, 0.6) is 0 Å². The molecule has 9 nitrogen and oxygen atoms in total. The molecule has 0 aliphatic carbocycles. The molecule has 1 aliphatic rings. The van der Waals surface area contributed by atoms with Crippen molar-refractivity contribution in [1.82, 2.24) is 16.0 Å². The minimum Gasteiger partial charge on any atom is -0.467 e. The summed E-state index contributed by atoms with van der Waals surface area (Å²) in [6, 6.07) is -1.61. The lowest BCUT2D eigenvalue weighted by atomic mass is 9.82. The summed E-state index contributed by atoms with van der Waals surface area (Å²) >= 11 is 0. The van der Waals surface area contributed by atoms with Gasteiger partial charge in [0, 0.05) is 13.0 Å². The van der Waals surface area contributed by atoms with Gasteiger partial charge in [-0.1, -0.05) is 0 Å². The molecule has 0 aromatic heterocycles. The van der Waals surface area contributed by atoms with Gasteiger partial charge in [-0.25, -0.2) is 9.59 Å². The molecule has 2 amide bonds. The smallest absolute Gasteiger partial charge is 0.328 e. The molecule has 10 heteroatoms. The van der Waals surface area contributed by atoms with Gasteiger partial charge in [-0.3, -0.25) is 9.59 Å². The highest BCUT2D eigenvalue weighted by molar-refractivity contribution is 5.93. The number of rotatable bonds is 7. The van der Waals surface area contributed by atoms with E-state index in [9.17, 15) is 19.2 Å². The van der Waals surface area contributed by atoms with Crippen LogP contribution < -0.4 is 16.0 Å². The Hall–Kier alpha value is -1.87. The first-order valence-corrected chi connectivity index (χ1v) is 7.72. The van der Waals surface area contributed by atoms with Crippen LogP contribution in [0.15, 0.2) is 0 Å². The predicted molar refractivity (Wildman–Crippen MR) is 91.0 cm³/mol. The van der Waals surface area contributed by atoms with Crippen LogP contribution >= 0.6 is 12.4 Å². The Kier molecular flexibility index (Phi) is 9.43. The van der Waals surface area contributed by atoms with Crippen LogP contribution in [-0.2, 0) is 28.7 Å². The topological polar surface area (TPSA) is 123 Å². The molecule has 25 heavy (non-hydrogen) atoms. The number of halogens is 1. The number of nitrogens with one attached hydrogen (secondary N) is 3. The van der Waals surface area contributed by atoms with E-state index in [1.54, 1.807) is 0 Å². The van der Waals surface area contributed by atoms with Crippen molar-refractivity contribution in [2.24, 2.45) is 5.41 Å². The lowest BCUT2D eigenvalue weighted by molar-refractivity contribution is -0.147. The second-order valence-corrected chi connectivity index (χ2v) is 5.91. The highest BCUT2D eigenvalue weighted by Gasteiger charge is 2.44. The Morgan fingerprint density at radius 2 is 1.56 bits per heavy atom. The molecule has 1 saturated heterocycles. The molecule has 1 fully saturated rings. The first-order valence-electron chi connectivity index (χ1n) is 7.72. The summed E-state index contributed by atoms with van der Waals surface area (Å²) in [5.41, 5.74) is -0.970. The summed E-state index contributed by atoms with van der Waals surface area (Å²) < 4.78 is 9.13. The van der Waals surface area contributed by atoms with E-state index in [1.807, 2.05) is 0 Å². The van der Waals surface area contributed by atoms with Crippen molar-refractivity contribution in [3.05, 3.63) is 0 Å². The Morgan fingerprint density at radius 1 is 1.04 bits per heavy atom. The summed E-state index contributed by atoms with van der Waals surface area (Å²) in [7, 11) is 2.47. The molecule has 1 aliphatic heterocycles. The molecule has 1 heterocycles. The standard InChI is InChI=1S/C15H25N3O6.ClH/c1-9(12(20)23-3)17-11(19)7-15(5-6-16-8-15)14(22)18-10(2)13(21)24-4;/h9-10,16H,5-8H2,1-4H3,(H,17,19)(H,18,22);1H/t9-,10-,15?;/m1./s1. The van der Waals surface area contributed by atoms with E-state index in [1.165, 1.54) is 28.1 Å². The molecule has 3 atom stereocenters. The molecular weight excluding hydrogens is 354 g/mol. The molecule has 0 aromatic rings. The largest absolute Gasteiger partial charge is 0.467 e. The van der Waals surface area contributed by atoms with Crippen molar-refractivity contribution >= 4 is 36.2 Å². The van der Waals surface area contributed by atoms with Crippen molar-refractivity contribution in [1.29, 1.82) is 0 Å². The first-order chi connectivity index (χ1) is 11.3. The van der Waals surface area contributed by atoms with Crippen LogP contribution in [0.25, 0.3) is 0 Å². The molecule has 0 aromatic carbocycles. The van der Waals surface area contributed by atoms with E-state index >= 15 is 0 Å². The normalized spacial score (nSPS) is 21.3. The maximum Gasteiger partial charge on any atom is 0.328 e. The van der Waals surface area contributed by atoms with E-state index in [4.69, 9.17) is 0 Å². The van der Waals surface area contributed by atoms with Crippen LogP contribution in [-0.4, -0.2) is 63.1 Å². The van der Waals surface area contributed by atoms with Gasteiger partial charge in [0.15, 0.2) is 0 Å². The molecule has 1 unspecified atom stereocenters. The average Bonchev–Trinajstić information content (AvgIpc) is 3.02. The van der Waals surface area contributed by atoms with Crippen LogP contribution in [0.1, 0.15) is 26.7 Å². The van der Waals surface area contributed by atoms with Gasteiger partial charge in [0.25, 0.3) is 0 Å². The van der Waals surface area contributed by atoms with Crippen LogP contribution in [0.2, 0.25) is 0 Å². The van der Waals surface area contributed by atoms with Gasteiger partial charge in [-0.05, 0) is 26.8 Å². The maximum atomic E-state index is 12.6. The fraction of sp³-hybridized carbons (Fsp3) is 0.733. The third kappa shape index (κ3) is 6.17. The number of methoxy groups -OCH3 is 2. The zero-order valence-electron chi connectivity index (χ0n) is 14.8. The van der Waals surface area contributed by atoms with Crippen LogP contribution in [0, 0.1) is 5.41 Å². The third-order valence-electron chi connectivity index (χ3n) is 4.06. The van der Waals surface area contributed by atoms with Crippen molar-refractivity contribution < 1.29 is 28.7 Å². The van der Waals surface area contributed by atoms with Gasteiger partial charge in [0.2, 0.25) is 11.8 Å². The number of hydrogen-bond donors (Lipinski definition) is 3. The number of carbonyl (C=O) groups is 4. The molecule has 0 saturated carbocycles. The summed E-state index contributed by atoms with van der Waals surface area (Å²) in [5.74, 6) is -1.96. The summed E-state index contributed by atoms with van der Waals surface area (Å²) in [6.07, 6.45) is 0.355. The highest BCUT2D eigenvalue weighted by Crippen LogP contribution is 2.30. The minimum absolute atomic E-state index is 0. The molecule has 1 rings (SSSR count). The molecule has 3 N–H and O–H groups in total. The monoisotopic (exact) mass is 379 g/mol. The zero-order valence-corrected chi connectivity index (χ0v) is 15.7. The number of esters is 2. The van der Waals surface area contributed by atoms with E-state index in [0.717, 1.165) is 0 Å². The second kappa shape index (κ2) is 10.2. The molecule has 0 radical (unpaired) electrons. The molecular formula is C15H26ClN3O6. The van der Waals surface area contributed by atoms with Crippen molar-refractivity contribution in [3.63, 3.8) is 0 Å². The summed E-state index contributed by atoms with van der Waals surface area (Å²) in [4.78, 5) is 47.6. The lowest BCUT2D eigenvalue weighted by Crippen LogP contribution is -2.51. The fourth-order valence-corrected chi connectivity index (χ4v) is 2.59. The Bertz CT molecular complexity index is 507. The van der Waals surface area contributed by atoms with Gasteiger partial charge in [-0.2, -0.15) is 0 Å². The summed E-state index contributed by atoms with van der Waals surface area (Å²) in [6.45, 7) is 3.91. The average molecular weight is 380 g/mol. The SMILES string of the molecule is COC(=O)[C@@H](C)NC(=O)CC1(C(=O)N[C@H](C)C(=O)OC)CCNC1.Cl. The fourth-order valence-electron chi connectivity index (χ4n) is 2.59. The van der Waals surface area contributed by atoms with Crippen molar-refractivity contribution in [3.8, 4) is 0 Å². The highest BCUT2D eigenvalue weighted by atomic mass is 35.5. The van der Waals surface area contributed by atoms with Gasteiger partial charge in [0.1, 0.15) is 12.1 Å². The zero-order chi connectivity index (χ0) is 18.3. The summed E-state index contributed by atoms with van der Waals surface area (Å²) in [5, 5.41) is 8.15. The van der Waals surface area contributed by atoms with E-state index < -0.39 is 41.3 Å². The second-order valence-electron chi connectivity index (χ2n) is 5.91. The molecule has 0 spiro atoms. The Morgan fingerprint density at radius 3 is 2.00 bits per heavy atom. The van der Waals surface area contributed by atoms with Crippen molar-refractivity contribution in [2.45, 2.75) is 38.8 Å². The van der Waals surface area contributed by atoms with Gasteiger partial charge in [0.05, 0.1) is 19.6 Å². The Labute approximate surface area is 153 Å². The lowest BCUT2D eigenvalue weighted by Gasteiger charge is -2.28. The number of carbonyl (C=O) groups excluding carboxylic acids is 4. The van der Waals surface area contributed by atoms with E-state index in [0.29, 0.717) is 19.5 Å². The van der Waals surface area contributed by atoms with Crippen LogP contribution in [0.3, 0.4) is 0 Å². The Balaban J connectivity index is 0.00000576. The van der Waals surface area contributed by atoms with Gasteiger partial charge in [-0.15, -0.1) is 12.4 Å². The van der Waals surface area contributed by atoms with Gasteiger partial charge < -0.3 is 25.4 Å². The molecule has 0 bridgehead atoms. The van der Waals surface area contributed by atoms with Gasteiger partial charge >= 0.3 is 11.9 Å². The predicted octanol–water partition coefficient (Wildman–Crippen LogP) is -0.867. The number of hydrogen-bond acceptors (Lipinski definition) is 7. The first kappa shape index (κ1) is 23.1. The minimum atomic E-state index is -0.970. The molecule has 144 valence electrons. The van der Waals surface area contributed by atoms with E-state index in [2.05, 4.69) is 25.4 Å². The number of amides is 2. The quantitative estimate of drug-likeness (QED) is 0.491. The third-order valence-corrected chi connectivity index (χ3v) is 4.06. The van der Waals surface area contributed by atoms with E-state index in [-0.39, 0.29) is 18.8 Å². The van der Waals surface area contributed by atoms with Crippen molar-refractivity contribution in [2.75, 3.05) is 27.3 Å². The maximum absolute atomic E-state index is 12.6.